The van der Waals surface area contributed by atoms with Crippen molar-refractivity contribution in [3.8, 4) is 5.75 Å². The van der Waals surface area contributed by atoms with Crippen LogP contribution >= 0.6 is 12.4 Å². The first-order valence-corrected chi connectivity index (χ1v) is 4.39. The van der Waals surface area contributed by atoms with Crippen LogP contribution < -0.4 is 5.73 Å². The van der Waals surface area contributed by atoms with Gasteiger partial charge in [-0.15, -0.1) is 19.0 Å². The average molecular weight is 214 g/mol. The number of nitrogens with two attached hydrogens (primary N) is 1. The van der Waals surface area contributed by atoms with Gasteiger partial charge in [0.05, 0.1) is 0 Å². The molecule has 1 aromatic rings. The summed E-state index contributed by atoms with van der Waals surface area (Å²) in [6, 6.07) is 7.06. The molecule has 2 nitrogen and oxygen atoms in total. The van der Waals surface area contributed by atoms with Gasteiger partial charge in [-0.3, -0.25) is 0 Å². The molecule has 0 unspecified atom stereocenters. The monoisotopic (exact) mass is 213 g/mol. The summed E-state index contributed by atoms with van der Waals surface area (Å²) in [5.41, 5.74) is 6.86. The van der Waals surface area contributed by atoms with Crippen molar-refractivity contribution in [2.24, 2.45) is 5.73 Å². The Morgan fingerprint density at radius 2 is 2.21 bits per heavy atom. The van der Waals surface area contributed by atoms with E-state index in [1.54, 1.807) is 18.2 Å². The highest BCUT2D eigenvalue weighted by molar-refractivity contribution is 5.85. The Kier molecular flexibility index (Phi) is 6.00. The number of benzene rings is 1. The standard InChI is InChI=1S/C11H15NO.ClH/c1-2-3-7-11(12)9-5-4-6-10(13)8-9;/h2,4-6,8,11,13H,1,3,7,12H2;1H/t11-;/m1./s1. The van der Waals surface area contributed by atoms with Gasteiger partial charge in [0.15, 0.2) is 0 Å². The Balaban J connectivity index is 0.00000169. The second-order valence-electron chi connectivity index (χ2n) is 3.07. The summed E-state index contributed by atoms with van der Waals surface area (Å²) in [6.45, 7) is 3.64. The molecule has 1 aromatic carbocycles. The van der Waals surface area contributed by atoms with E-state index >= 15 is 0 Å². The van der Waals surface area contributed by atoms with E-state index in [9.17, 15) is 5.11 Å². The lowest BCUT2D eigenvalue weighted by molar-refractivity contribution is 0.473. The Hall–Kier alpha value is -0.990. The third-order valence-corrected chi connectivity index (χ3v) is 1.98. The van der Waals surface area contributed by atoms with Crippen LogP contribution in [0.4, 0.5) is 0 Å². The van der Waals surface area contributed by atoms with Crippen molar-refractivity contribution < 1.29 is 5.11 Å². The third kappa shape index (κ3) is 3.81. The van der Waals surface area contributed by atoms with Gasteiger partial charge in [0.2, 0.25) is 0 Å². The van der Waals surface area contributed by atoms with E-state index in [-0.39, 0.29) is 24.2 Å². The fourth-order valence-corrected chi connectivity index (χ4v) is 1.22. The van der Waals surface area contributed by atoms with Crippen LogP contribution in [0.3, 0.4) is 0 Å². The molecule has 1 rings (SSSR count). The zero-order valence-corrected chi connectivity index (χ0v) is 8.83. The highest BCUT2D eigenvalue weighted by Crippen LogP contribution is 2.19. The highest BCUT2D eigenvalue weighted by Gasteiger charge is 2.04. The SMILES string of the molecule is C=CCC[C@@H](N)c1cccc(O)c1.Cl. The number of hydrogen-bond donors (Lipinski definition) is 2. The van der Waals surface area contributed by atoms with Crippen molar-refractivity contribution >= 4 is 12.4 Å². The summed E-state index contributed by atoms with van der Waals surface area (Å²) in [5, 5.41) is 9.21. The van der Waals surface area contributed by atoms with Gasteiger partial charge in [0.25, 0.3) is 0 Å². The van der Waals surface area contributed by atoms with Crippen molar-refractivity contribution in [1.29, 1.82) is 0 Å². The van der Waals surface area contributed by atoms with Gasteiger partial charge < -0.3 is 10.8 Å². The van der Waals surface area contributed by atoms with Crippen LogP contribution in [-0.2, 0) is 0 Å². The zero-order valence-electron chi connectivity index (χ0n) is 8.02. The van der Waals surface area contributed by atoms with Crippen LogP contribution in [0.2, 0.25) is 0 Å². The molecule has 0 saturated heterocycles. The summed E-state index contributed by atoms with van der Waals surface area (Å²) < 4.78 is 0. The molecule has 1 atom stereocenters. The first-order chi connectivity index (χ1) is 6.24. The summed E-state index contributed by atoms with van der Waals surface area (Å²) in [5.74, 6) is 0.270. The second-order valence-corrected chi connectivity index (χ2v) is 3.07. The van der Waals surface area contributed by atoms with Crippen molar-refractivity contribution in [1.82, 2.24) is 0 Å². The minimum atomic E-state index is -0.00917. The molecule has 0 heterocycles. The van der Waals surface area contributed by atoms with Crippen LogP contribution in [-0.4, -0.2) is 5.11 Å². The van der Waals surface area contributed by atoms with Crippen LogP contribution in [0.1, 0.15) is 24.4 Å². The predicted octanol–water partition coefficient (Wildman–Crippen LogP) is 2.78. The molecule has 3 heteroatoms. The number of phenols is 1. The molecule has 14 heavy (non-hydrogen) atoms. The summed E-state index contributed by atoms with van der Waals surface area (Å²) in [7, 11) is 0. The number of allylic oxidation sites excluding steroid dienone is 1. The van der Waals surface area contributed by atoms with Gasteiger partial charge in [-0.2, -0.15) is 0 Å². The van der Waals surface area contributed by atoms with Crippen molar-refractivity contribution in [2.75, 3.05) is 0 Å². The Bertz CT molecular complexity index is 288. The van der Waals surface area contributed by atoms with E-state index in [0.29, 0.717) is 0 Å². The summed E-state index contributed by atoms with van der Waals surface area (Å²) in [4.78, 5) is 0. The largest absolute Gasteiger partial charge is 0.508 e. The van der Waals surface area contributed by atoms with Crippen LogP contribution in [0.5, 0.6) is 5.75 Å². The lowest BCUT2D eigenvalue weighted by Crippen LogP contribution is -2.09. The smallest absolute Gasteiger partial charge is 0.115 e. The number of halogens is 1. The van der Waals surface area contributed by atoms with E-state index in [0.717, 1.165) is 18.4 Å². The molecule has 0 amide bonds. The topological polar surface area (TPSA) is 46.2 Å². The van der Waals surface area contributed by atoms with Crippen molar-refractivity contribution in [3.05, 3.63) is 42.5 Å². The van der Waals surface area contributed by atoms with Crippen molar-refractivity contribution in [2.45, 2.75) is 18.9 Å². The molecule has 0 radical (unpaired) electrons. The Morgan fingerprint density at radius 1 is 1.50 bits per heavy atom. The lowest BCUT2D eigenvalue weighted by atomic mass is 10.0. The second kappa shape index (κ2) is 6.46. The van der Waals surface area contributed by atoms with E-state index in [1.165, 1.54) is 0 Å². The number of rotatable bonds is 4. The molecule has 0 fully saturated rings. The first-order valence-electron chi connectivity index (χ1n) is 4.39. The minimum Gasteiger partial charge on any atom is -0.508 e. The first kappa shape index (κ1) is 13.0. The number of phenolic OH excluding ortho intramolecular Hbond substituents is 1. The molecule has 0 aliphatic rings. The van der Waals surface area contributed by atoms with Crippen LogP contribution in [0, 0.1) is 0 Å². The molecule has 0 saturated carbocycles. The van der Waals surface area contributed by atoms with Gasteiger partial charge in [-0.25, -0.2) is 0 Å². The normalized spacial score (nSPS) is 11.5. The highest BCUT2D eigenvalue weighted by atomic mass is 35.5. The maximum absolute atomic E-state index is 9.21. The average Bonchev–Trinajstić information content (AvgIpc) is 2.14. The van der Waals surface area contributed by atoms with E-state index in [4.69, 9.17) is 5.73 Å². The van der Waals surface area contributed by atoms with Crippen molar-refractivity contribution in [3.63, 3.8) is 0 Å². The minimum absolute atomic E-state index is 0. The van der Waals surface area contributed by atoms with E-state index in [1.807, 2.05) is 12.1 Å². The number of hydrogen-bond acceptors (Lipinski definition) is 2. The third-order valence-electron chi connectivity index (χ3n) is 1.98. The molecular weight excluding hydrogens is 198 g/mol. The van der Waals surface area contributed by atoms with Gasteiger partial charge in [0, 0.05) is 6.04 Å². The quantitative estimate of drug-likeness (QED) is 0.756. The van der Waals surface area contributed by atoms with Crippen LogP contribution in [0.25, 0.3) is 0 Å². The zero-order chi connectivity index (χ0) is 9.68. The van der Waals surface area contributed by atoms with Crippen LogP contribution in [0.15, 0.2) is 36.9 Å². The molecule has 0 aliphatic heterocycles. The van der Waals surface area contributed by atoms with E-state index < -0.39 is 0 Å². The lowest BCUT2D eigenvalue weighted by Gasteiger charge is -2.10. The molecule has 0 aromatic heterocycles. The van der Waals surface area contributed by atoms with E-state index in [2.05, 4.69) is 6.58 Å². The fourth-order valence-electron chi connectivity index (χ4n) is 1.22. The summed E-state index contributed by atoms with van der Waals surface area (Å²) >= 11 is 0. The fraction of sp³-hybridized carbons (Fsp3) is 0.273. The molecular formula is C11H16ClNO. The molecule has 0 bridgehead atoms. The number of aromatic hydroxyl groups is 1. The van der Waals surface area contributed by atoms with Gasteiger partial charge in [0.1, 0.15) is 5.75 Å². The maximum Gasteiger partial charge on any atom is 0.115 e. The van der Waals surface area contributed by atoms with Gasteiger partial charge >= 0.3 is 0 Å². The summed E-state index contributed by atoms with van der Waals surface area (Å²) in [6.07, 6.45) is 3.62. The molecule has 78 valence electrons. The predicted molar refractivity (Wildman–Crippen MR) is 61.7 cm³/mol. The Labute approximate surface area is 90.9 Å². The maximum atomic E-state index is 9.21. The van der Waals surface area contributed by atoms with Gasteiger partial charge in [-0.05, 0) is 30.5 Å². The molecule has 0 aliphatic carbocycles. The van der Waals surface area contributed by atoms with Gasteiger partial charge in [-0.1, -0.05) is 18.2 Å². The molecule has 0 spiro atoms. The Morgan fingerprint density at radius 3 is 2.79 bits per heavy atom. The molecule has 3 N–H and O–H groups in total.